The van der Waals surface area contributed by atoms with E-state index in [9.17, 15) is 14.4 Å². The molecule has 2 atom stereocenters. The Bertz CT molecular complexity index is 327. The van der Waals surface area contributed by atoms with Crippen molar-refractivity contribution in [2.24, 2.45) is 5.73 Å². The number of carbonyl (C=O) groups is 3. The Morgan fingerprint density at radius 1 is 1.44 bits per heavy atom. The van der Waals surface area contributed by atoms with E-state index < -0.39 is 30.4 Å². The molecular formula is C10H17N3O5. The van der Waals surface area contributed by atoms with Gasteiger partial charge < -0.3 is 26.2 Å². The summed E-state index contributed by atoms with van der Waals surface area (Å²) in [6.07, 6.45) is 1.34. The first kappa shape index (κ1) is 14.2. The number of nitrogens with two attached hydrogens (primary N) is 1. The fourth-order valence-corrected chi connectivity index (χ4v) is 1.62. The molecule has 1 aliphatic rings. The number of amides is 3. The molecule has 1 aliphatic heterocycles. The highest BCUT2D eigenvalue weighted by Crippen LogP contribution is 2.10. The molecule has 5 N–H and O–H groups in total. The lowest BCUT2D eigenvalue weighted by Gasteiger charge is -2.15. The van der Waals surface area contributed by atoms with Gasteiger partial charge in [0.1, 0.15) is 6.04 Å². The molecule has 1 saturated heterocycles. The van der Waals surface area contributed by atoms with Crippen molar-refractivity contribution in [1.82, 2.24) is 10.6 Å². The summed E-state index contributed by atoms with van der Waals surface area (Å²) >= 11 is 0. The van der Waals surface area contributed by atoms with Gasteiger partial charge in [-0.3, -0.25) is 4.79 Å². The number of hydrogen-bond donors (Lipinski definition) is 4. The number of rotatable bonds is 6. The zero-order valence-corrected chi connectivity index (χ0v) is 9.85. The van der Waals surface area contributed by atoms with Crippen LogP contribution in [0.3, 0.4) is 0 Å². The normalized spacial score (nSPS) is 20.1. The second-order valence-corrected chi connectivity index (χ2v) is 4.05. The van der Waals surface area contributed by atoms with Gasteiger partial charge in [0.15, 0.2) is 0 Å². The molecule has 0 saturated carbocycles. The van der Waals surface area contributed by atoms with Gasteiger partial charge in [-0.1, -0.05) is 0 Å². The van der Waals surface area contributed by atoms with Gasteiger partial charge in [-0.2, -0.15) is 0 Å². The van der Waals surface area contributed by atoms with Gasteiger partial charge in [-0.25, -0.2) is 9.59 Å². The molecule has 1 rings (SSSR count). The van der Waals surface area contributed by atoms with Crippen LogP contribution < -0.4 is 16.4 Å². The minimum absolute atomic E-state index is 0.0323. The average Bonchev–Trinajstić information content (AvgIpc) is 2.77. The highest BCUT2D eigenvalue weighted by atomic mass is 16.5. The van der Waals surface area contributed by atoms with E-state index in [1.807, 2.05) is 0 Å². The van der Waals surface area contributed by atoms with Crippen molar-refractivity contribution in [3.8, 4) is 0 Å². The first-order chi connectivity index (χ1) is 8.49. The summed E-state index contributed by atoms with van der Waals surface area (Å²) in [7, 11) is 0. The molecule has 8 heteroatoms. The standard InChI is InChI=1S/C10H17N3O5/c11-8(14)4-7(9(15)16)13-10(17)12-5-6-2-1-3-18-6/h6-7H,1-5H2,(H2,11,14)(H,15,16)(H2,12,13,17)/t6?,7-/m0/s1. The smallest absolute Gasteiger partial charge is 0.326 e. The van der Waals surface area contributed by atoms with Crippen molar-refractivity contribution in [1.29, 1.82) is 0 Å². The van der Waals surface area contributed by atoms with Crippen LogP contribution in [0.25, 0.3) is 0 Å². The first-order valence-corrected chi connectivity index (χ1v) is 5.66. The van der Waals surface area contributed by atoms with E-state index in [1.54, 1.807) is 0 Å². The van der Waals surface area contributed by atoms with Crippen LogP contribution in [0.4, 0.5) is 4.79 Å². The van der Waals surface area contributed by atoms with E-state index in [2.05, 4.69) is 10.6 Å². The van der Waals surface area contributed by atoms with Gasteiger partial charge >= 0.3 is 12.0 Å². The second kappa shape index (κ2) is 6.80. The van der Waals surface area contributed by atoms with Crippen molar-refractivity contribution < 1.29 is 24.2 Å². The number of aliphatic carboxylic acids is 1. The van der Waals surface area contributed by atoms with Crippen LogP contribution >= 0.6 is 0 Å². The molecule has 0 aromatic rings. The Balaban J connectivity index is 2.31. The number of carbonyl (C=O) groups excluding carboxylic acids is 2. The Hall–Kier alpha value is -1.83. The van der Waals surface area contributed by atoms with Crippen LogP contribution in [0.15, 0.2) is 0 Å². The van der Waals surface area contributed by atoms with Crippen molar-refractivity contribution in [2.45, 2.75) is 31.4 Å². The van der Waals surface area contributed by atoms with Gasteiger partial charge in [0, 0.05) is 13.2 Å². The van der Waals surface area contributed by atoms with Gasteiger partial charge in [-0.05, 0) is 12.8 Å². The predicted molar refractivity (Wildman–Crippen MR) is 60.7 cm³/mol. The fraction of sp³-hybridized carbons (Fsp3) is 0.700. The van der Waals surface area contributed by atoms with E-state index >= 15 is 0 Å². The third-order valence-electron chi connectivity index (χ3n) is 2.52. The monoisotopic (exact) mass is 259 g/mol. The molecule has 8 nitrogen and oxygen atoms in total. The lowest BCUT2D eigenvalue weighted by molar-refractivity contribution is -0.140. The summed E-state index contributed by atoms with van der Waals surface area (Å²) in [5.41, 5.74) is 4.89. The Labute approximate surface area is 104 Å². The minimum Gasteiger partial charge on any atom is -0.480 e. The molecule has 1 heterocycles. The van der Waals surface area contributed by atoms with Crippen molar-refractivity contribution in [3.05, 3.63) is 0 Å². The van der Waals surface area contributed by atoms with Gasteiger partial charge in [0.25, 0.3) is 0 Å². The second-order valence-electron chi connectivity index (χ2n) is 4.05. The molecule has 1 unspecified atom stereocenters. The van der Waals surface area contributed by atoms with Crippen LogP contribution in [0.2, 0.25) is 0 Å². The van der Waals surface area contributed by atoms with Crippen molar-refractivity contribution in [2.75, 3.05) is 13.2 Å². The van der Waals surface area contributed by atoms with Crippen molar-refractivity contribution in [3.63, 3.8) is 0 Å². The van der Waals surface area contributed by atoms with Gasteiger partial charge in [0.05, 0.1) is 12.5 Å². The Morgan fingerprint density at radius 2 is 2.17 bits per heavy atom. The molecule has 102 valence electrons. The summed E-state index contributed by atoms with van der Waals surface area (Å²) in [6, 6.07) is -1.97. The average molecular weight is 259 g/mol. The van der Waals surface area contributed by atoms with Crippen LogP contribution in [0.5, 0.6) is 0 Å². The summed E-state index contributed by atoms with van der Waals surface area (Å²) in [5.74, 6) is -2.09. The summed E-state index contributed by atoms with van der Waals surface area (Å²) in [4.78, 5) is 32.8. The molecule has 0 aliphatic carbocycles. The maximum Gasteiger partial charge on any atom is 0.326 e. The predicted octanol–water partition coefficient (Wildman–Crippen LogP) is -1.21. The number of urea groups is 1. The lowest BCUT2D eigenvalue weighted by Crippen LogP contribution is -2.48. The Kier molecular flexibility index (Phi) is 5.37. The molecule has 0 radical (unpaired) electrons. The van der Waals surface area contributed by atoms with E-state index in [1.165, 1.54) is 0 Å². The largest absolute Gasteiger partial charge is 0.480 e. The number of carboxylic acid groups (broad SMARTS) is 1. The van der Waals surface area contributed by atoms with Crippen LogP contribution in [-0.4, -0.2) is 48.3 Å². The first-order valence-electron chi connectivity index (χ1n) is 5.66. The summed E-state index contributed by atoms with van der Waals surface area (Å²) in [5, 5.41) is 13.4. The zero-order valence-electron chi connectivity index (χ0n) is 9.85. The number of ether oxygens (including phenoxy) is 1. The number of hydrogen-bond acceptors (Lipinski definition) is 4. The highest BCUT2D eigenvalue weighted by Gasteiger charge is 2.23. The van der Waals surface area contributed by atoms with Crippen LogP contribution in [0, 0.1) is 0 Å². The lowest BCUT2D eigenvalue weighted by atomic mass is 10.2. The molecule has 3 amide bonds. The van der Waals surface area contributed by atoms with E-state index in [-0.39, 0.29) is 6.10 Å². The molecule has 0 spiro atoms. The SMILES string of the molecule is NC(=O)C[C@H](NC(=O)NCC1CCCO1)C(=O)O. The number of nitrogens with one attached hydrogen (secondary N) is 2. The van der Waals surface area contributed by atoms with Crippen LogP contribution in [-0.2, 0) is 14.3 Å². The van der Waals surface area contributed by atoms with Crippen molar-refractivity contribution >= 4 is 17.9 Å². The number of carboxylic acids is 1. The maximum absolute atomic E-state index is 11.4. The third kappa shape index (κ3) is 5.00. The summed E-state index contributed by atoms with van der Waals surface area (Å²) < 4.78 is 5.29. The topological polar surface area (TPSA) is 131 Å². The molecule has 0 bridgehead atoms. The minimum atomic E-state index is -1.31. The number of primary amides is 1. The van der Waals surface area contributed by atoms with E-state index in [0.29, 0.717) is 13.2 Å². The molecule has 1 fully saturated rings. The summed E-state index contributed by atoms with van der Waals surface area (Å²) in [6.45, 7) is 0.988. The fourth-order valence-electron chi connectivity index (χ4n) is 1.62. The molecule has 18 heavy (non-hydrogen) atoms. The maximum atomic E-state index is 11.4. The van der Waals surface area contributed by atoms with E-state index in [0.717, 1.165) is 12.8 Å². The quantitative estimate of drug-likeness (QED) is 0.475. The third-order valence-corrected chi connectivity index (χ3v) is 2.52. The van der Waals surface area contributed by atoms with Crippen LogP contribution in [0.1, 0.15) is 19.3 Å². The molecular weight excluding hydrogens is 242 g/mol. The zero-order chi connectivity index (χ0) is 13.5. The van der Waals surface area contributed by atoms with E-state index in [4.69, 9.17) is 15.6 Å². The Morgan fingerprint density at radius 3 is 2.67 bits per heavy atom. The highest BCUT2D eigenvalue weighted by molar-refractivity contribution is 5.87. The molecule has 0 aromatic carbocycles. The molecule has 0 aromatic heterocycles. The van der Waals surface area contributed by atoms with Gasteiger partial charge in [0.2, 0.25) is 5.91 Å². The van der Waals surface area contributed by atoms with Gasteiger partial charge in [-0.15, -0.1) is 0 Å².